The number of halogens is 1. The number of unbranched alkanes of at least 4 members (excludes halogenated alkanes) is 1. The van der Waals surface area contributed by atoms with Crippen molar-refractivity contribution in [2.75, 3.05) is 5.75 Å². The average Bonchev–Trinajstić information content (AvgIpc) is 2.83. The first kappa shape index (κ1) is 15.4. The van der Waals surface area contributed by atoms with Gasteiger partial charge in [0.1, 0.15) is 5.82 Å². The van der Waals surface area contributed by atoms with Crippen LogP contribution in [0.1, 0.15) is 50.3 Å². The van der Waals surface area contributed by atoms with Crippen LogP contribution in [-0.4, -0.2) is 16.9 Å². The molecule has 4 heteroatoms. The van der Waals surface area contributed by atoms with E-state index in [4.69, 9.17) is 0 Å². The highest BCUT2D eigenvalue weighted by molar-refractivity contribution is 8.00. The van der Waals surface area contributed by atoms with Crippen LogP contribution >= 0.6 is 11.8 Å². The van der Waals surface area contributed by atoms with Crippen molar-refractivity contribution in [3.8, 4) is 0 Å². The molecule has 0 fully saturated rings. The van der Waals surface area contributed by atoms with Gasteiger partial charge in [0.15, 0.2) is 0 Å². The van der Waals surface area contributed by atoms with E-state index in [1.165, 1.54) is 6.07 Å². The van der Waals surface area contributed by atoms with E-state index in [1.807, 2.05) is 13.0 Å². The predicted molar refractivity (Wildman–Crippen MR) is 82.4 cm³/mol. The lowest BCUT2D eigenvalue weighted by atomic mass is 10.1. The van der Waals surface area contributed by atoms with Crippen LogP contribution in [0.3, 0.4) is 0 Å². The zero-order valence-corrected chi connectivity index (χ0v) is 12.9. The lowest BCUT2D eigenvalue weighted by molar-refractivity contribution is -0.121. The lowest BCUT2D eigenvalue weighted by Gasteiger charge is -2.17. The first-order chi connectivity index (χ1) is 9.63. The number of hydrogen-bond donors (Lipinski definition) is 1. The zero-order valence-electron chi connectivity index (χ0n) is 12.1. The summed E-state index contributed by atoms with van der Waals surface area (Å²) in [5.41, 5.74) is 1.72. The molecule has 0 spiro atoms. The lowest BCUT2D eigenvalue weighted by Crippen LogP contribution is -2.33. The summed E-state index contributed by atoms with van der Waals surface area (Å²) in [5, 5.41) is 3.02. The third-order valence-corrected chi connectivity index (χ3v) is 5.00. The maximum absolute atomic E-state index is 13.6. The van der Waals surface area contributed by atoms with Gasteiger partial charge >= 0.3 is 0 Å². The van der Waals surface area contributed by atoms with E-state index >= 15 is 0 Å². The molecule has 0 radical (unpaired) electrons. The van der Waals surface area contributed by atoms with E-state index < -0.39 is 0 Å². The summed E-state index contributed by atoms with van der Waals surface area (Å²) < 4.78 is 13.6. The van der Waals surface area contributed by atoms with Crippen molar-refractivity contribution in [3.05, 3.63) is 35.1 Å². The Balaban J connectivity index is 1.92. The molecular weight excluding hydrogens is 273 g/mol. The number of thioether (sulfide) groups is 1. The summed E-state index contributed by atoms with van der Waals surface area (Å²) in [6, 6.07) is 5.11. The Kier molecular flexibility index (Phi) is 5.46. The van der Waals surface area contributed by atoms with E-state index in [2.05, 4.69) is 12.2 Å². The first-order valence-electron chi connectivity index (χ1n) is 7.32. The number of carbonyl (C=O) groups excluding carboxylic acids is 1. The van der Waals surface area contributed by atoms with Crippen molar-refractivity contribution >= 4 is 17.7 Å². The van der Waals surface area contributed by atoms with E-state index in [-0.39, 0.29) is 23.0 Å². The summed E-state index contributed by atoms with van der Waals surface area (Å²) in [6.07, 6.45) is 3.80. The number of fused-ring (bicyclic) bond motifs is 1. The fraction of sp³-hybridized carbons (Fsp3) is 0.562. The van der Waals surface area contributed by atoms with Crippen LogP contribution in [0.2, 0.25) is 0 Å². The van der Waals surface area contributed by atoms with Gasteiger partial charge in [-0.2, -0.15) is 0 Å². The molecule has 1 aliphatic carbocycles. The third-order valence-electron chi connectivity index (χ3n) is 3.76. The Hall–Kier alpha value is -1.03. The minimum Gasteiger partial charge on any atom is -0.348 e. The maximum Gasteiger partial charge on any atom is 0.233 e. The smallest absolute Gasteiger partial charge is 0.233 e. The third kappa shape index (κ3) is 3.54. The molecule has 0 heterocycles. The molecule has 1 aromatic carbocycles. The molecule has 1 amide bonds. The van der Waals surface area contributed by atoms with Crippen molar-refractivity contribution in [2.45, 2.75) is 50.8 Å². The minimum absolute atomic E-state index is 0.0255. The number of amides is 1. The van der Waals surface area contributed by atoms with Crippen LogP contribution in [0.5, 0.6) is 0 Å². The largest absolute Gasteiger partial charge is 0.348 e. The van der Waals surface area contributed by atoms with Crippen LogP contribution < -0.4 is 5.32 Å². The Morgan fingerprint density at radius 1 is 1.55 bits per heavy atom. The minimum atomic E-state index is -0.149. The second kappa shape index (κ2) is 7.11. The quantitative estimate of drug-likeness (QED) is 0.808. The van der Waals surface area contributed by atoms with E-state index in [1.54, 1.807) is 17.8 Å². The molecule has 0 aliphatic heterocycles. The van der Waals surface area contributed by atoms with Crippen LogP contribution in [-0.2, 0) is 11.2 Å². The Bertz CT molecular complexity index is 478. The van der Waals surface area contributed by atoms with E-state index in [9.17, 15) is 9.18 Å². The van der Waals surface area contributed by atoms with E-state index in [0.29, 0.717) is 6.42 Å². The molecule has 2 rings (SSSR count). The summed E-state index contributed by atoms with van der Waals surface area (Å²) >= 11 is 1.69. The molecule has 2 atom stereocenters. The standard InChI is InChI=1S/C16H22FNOS/c1-3-4-10-20-11(2)16(19)18-15-9-8-12-13(15)6-5-7-14(12)17/h5-7,11,15H,3-4,8-10H2,1-2H3,(H,18,19). The van der Waals surface area contributed by atoms with Gasteiger partial charge in [0.25, 0.3) is 0 Å². The Morgan fingerprint density at radius 3 is 3.10 bits per heavy atom. The molecule has 2 unspecified atom stereocenters. The second-order valence-electron chi connectivity index (χ2n) is 5.27. The van der Waals surface area contributed by atoms with Gasteiger partial charge in [0.05, 0.1) is 11.3 Å². The van der Waals surface area contributed by atoms with Gasteiger partial charge in [-0.05, 0) is 49.1 Å². The molecule has 0 aromatic heterocycles. The van der Waals surface area contributed by atoms with Crippen LogP contribution in [0, 0.1) is 5.82 Å². The predicted octanol–water partition coefficient (Wildman–Crippen LogP) is 3.85. The molecule has 20 heavy (non-hydrogen) atoms. The normalized spacial score (nSPS) is 18.6. The number of rotatable bonds is 6. The fourth-order valence-electron chi connectivity index (χ4n) is 2.53. The monoisotopic (exact) mass is 295 g/mol. The van der Waals surface area contributed by atoms with Crippen LogP contribution in [0.25, 0.3) is 0 Å². The molecular formula is C16H22FNOS. The number of benzene rings is 1. The second-order valence-corrected chi connectivity index (χ2v) is 6.72. The van der Waals surface area contributed by atoms with Crippen molar-refractivity contribution in [3.63, 3.8) is 0 Å². The number of nitrogens with one attached hydrogen (secondary N) is 1. The Labute approximate surface area is 124 Å². The molecule has 0 saturated heterocycles. The van der Waals surface area contributed by atoms with Gasteiger partial charge in [-0.3, -0.25) is 4.79 Å². The number of hydrogen-bond acceptors (Lipinski definition) is 2. The van der Waals surface area contributed by atoms with Crippen LogP contribution in [0.15, 0.2) is 18.2 Å². The summed E-state index contributed by atoms with van der Waals surface area (Å²) in [5.74, 6) is 0.930. The molecule has 1 N–H and O–H groups in total. The molecule has 1 aliphatic rings. The van der Waals surface area contributed by atoms with Crippen molar-refractivity contribution in [2.24, 2.45) is 0 Å². The van der Waals surface area contributed by atoms with Gasteiger partial charge in [-0.15, -0.1) is 11.8 Å². The first-order valence-corrected chi connectivity index (χ1v) is 8.37. The average molecular weight is 295 g/mol. The van der Waals surface area contributed by atoms with Gasteiger partial charge in [0, 0.05) is 0 Å². The van der Waals surface area contributed by atoms with Gasteiger partial charge in [-0.25, -0.2) is 4.39 Å². The summed E-state index contributed by atoms with van der Waals surface area (Å²) in [4.78, 5) is 12.2. The number of carbonyl (C=O) groups is 1. The molecule has 110 valence electrons. The fourth-order valence-corrected chi connectivity index (χ4v) is 3.56. The summed E-state index contributed by atoms with van der Waals surface area (Å²) in [6.45, 7) is 4.09. The van der Waals surface area contributed by atoms with Gasteiger partial charge < -0.3 is 5.32 Å². The summed E-state index contributed by atoms with van der Waals surface area (Å²) in [7, 11) is 0. The van der Waals surface area contributed by atoms with Crippen molar-refractivity contribution < 1.29 is 9.18 Å². The van der Waals surface area contributed by atoms with E-state index in [0.717, 1.165) is 36.1 Å². The zero-order chi connectivity index (χ0) is 14.5. The highest BCUT2D eigenvalue weighted by Crippen LogP contribution is 2.32. The molecule has 0 bridgehead atoms. The molecule has 0 saturated carbocycles. The molecule has 2 nitrogen and oxygen atoms in total. The van der Waals surface area contributed by atoms with Crippen molar-refractivity contribution in [1.82, 2.24) is 5.32 Å². The van der Waals surface area contributed by atoms with Gasteiger partial charge in [0.2, 0.25) is 5.91 Å². The molecule has 1 aromatic rings. The van der Waals surface area contributed by atoms with Crippen molar-refractivity contribution in [1.29, 1.82) is 0 Å². The topological polar surface area (TPSA) is 29.1 Å². The maximum atomic E-state index is 13.6. The highest BCUT2D eigenvalue weighted by atomic mass is 32.2. The van der Waals surface area contributed by atoms with Crippen LogP contribution in [0.4, 0.5) is 4.39 Å². The Morgan fingerprint density at radius 2 is 2.35 bits per heavy atom. The SMILES string of the molecule is CCCCSC(C)C(=O)NC1CCc2c(F)cccc21. The van der Waals surface area contributed by atoms with Gasteiger partial charge in [-0.1, -0.05) is 25.5 Å². The highest BCUT2D eigenvalue weighted by Gasteiger charge is 2.27.